The van der Waals surface area contributed by atoms with Crippen LogP contribution in [0.5, 0.6) is 0 Å². The van der Waals surface area contributed by atoms with E-state index < -0.39 is 34.9 Å². The number of hydrogen-bond donors (Lipinski definition) is 1. The minimum absolute atomic E-state index is 0.0126. The molecule has 0 aliphatic heterocycles. The summed E-state index contributed by atoms with van der Waals surface area (Å²) in [6.07, 6.45) is 4.58. The van der Waals surface area contributed by atoms with Crippen molar-refractivity contribution < 1.29 is 23.2 Å². The largest absolute Gasteiger partial charge is 0.366 e. The third-order valence-electron chi connectivity index (χ3n) is 6.80. The van der Waals surface area contributed by atoms with Crippen molar-refractivity contribution in [2.24, 2.45) is 11.7 Å². The molecule has 1 aliphatic rings. The number of nitrogens with zero attached hydrogens (tertiary/aromatic N) is 3. The van der Waals surface area contributed by atoms with Crippen molar-refractivity contribution >= 4 is 28.4 Å². The summed E-state index contributed by atoms with van der Waals surface area (Å²) in [5.41, 5.74) is 6.15. The molecule has 1 atom stereocenters. The Kier molecular flexibility index (Phi) is 7.10. The Morgan fingerprint density at radius 3 is 2.33 bits per heavy atom. The second kappa shape index (κ2) is 10.6. The number of ketones is 2. The zero-order chi connectivity index (χ0) is 27.7. The van der Waals surface area contributed by atoms with E-state index in [1.165, 1.54) is 30.7 Å². The number of carbonyl (C=O) groups excluding carboxylic acids is 3. The van der Waals surface area contributed by atoms with Crippen LogP contribution in [0.25, 0.3) is 10.9 Å². The Bertz CT molecular complexity index is 1640. The number of fused-ring (bicyclic) bond motifs is 1. The summed E-state index contributed by atoms with van der Waals surface area (Å²) >= 11 is 0. The van der Waals surface area contributed by atoms with Crippen molar-refractivity contribution in [2.45, 2.75) is 38.1 Å². The van der Waals surface area contributed by atoms with Crippen LogP contribution in [0.3, 0.4) is 0 Å². The molecule has 0 radical (unpaired) electrons. The van der Waals surface area contributed by atoms with E-state index in [0.717, 1.165) is 35.6 Å². The molecule has 5 rings (SSSR count). The summed E-state index contributed by atoms with van der Waals surface area (Å²) in [7, 11) is 0. The average Bonchev–Trinajstić information content (AvgIpc) is 3.71. The number of carbonyl (C=O) groups is 3. The number of nitrogens with two attached hydrogens (primary N) is 1. The lowest BCUT2D eigenvalue weighted by Gasteiger charge is -2.19. The quantitative estimate of drug-likeness (QED) is 0.312. The molecule has 0 bridgehead atoms. The van der Waals surface area contributed by atoms with Gasteiger partial charge in [0.15, 0.2) is 11.6 Å². The topological polar surface area (TPSA) is 125 Å². The Morgan fingerprint density at radius 2 is 1.69 bits per heavy atom. The predicted octanol–water partition coefficient (Wildman–Crippen LogP) is 3.75. The number of aromatic nitrogens is 3. The maximum atomic E-state index is 13.9. The second-order valence-electron chi connectivity index (χ2n) is 9.80. The van der Waals surface area contributed by atoms with Gasteiger partial charge in [0.25, 0.3) is 5.56 Å². The maximum absolute atomic E-state index is 13.9. The van der Waals surface area contributed by atoms with Crippen molar-refractivity contribution in [3.05, 3.63) is 105 Å². The van der Waals surface area contributed by atoms with Gasteiger partial charge in [0, 0.05) is 36.4 Å². The van der Waals surface area contributed by atoms with Gasteiger partial charge in [-0.2, -0.15) is 0 Å². The number of hydrogen-bond acceptors (Lipinski definition) is 6. The molecule has 1 amide bonds. The minimum Gasteiger partial charge on any atom is -0.366 e. The van der Waals surface area contributed by atoms with Crippen LogP contribution in [0.15, 0.2) is 65.8 Å². The van der Waals surface area contributed by atoms with Crippen LogP contribution >= 0.6 is 0 Å². The monoisotopic (exact) mass is 530 g/mol. The van der Waals surface area contributed by atoms with Gasteiger partial charge in [0.1, 0.15) is 17.7 Å². The summed E-state index contributed by atoms with van der Waals surface area (Å²) in [4.78, 5) is 59.3. The zero-order valence-corrected chi connectivity index (χ0v) is 20.8. The van der Waals surface area contributed by atoms with Gasteiger partial charge in [-0.15, -0.1) is 0 Å². The van der Waals surface area contributed by atoms with E-state index in [-0.39, 0.29) is 35.1 Å². The molecule has 0 spiro atoms. The Balaban J connectivity index is 1.50. The fraction of sp³-hybridized carbons (Fsp3) is 0.241. The van der Waals surface area contributed by atoms with Gasteiger partial charge in [-0.25, -0.2) is 13.8 Å². The smallest absolute Gasteiger partial charge is 0.261 e. The molecule has 1 aliphatic carbocycles. The van der Waals surface area contributed by atoms with Crippen LogP contribution < -0.4 is 11.3 Å². The van der Waals surface area contributed by atoms with Gasteiger partial charge >= 0.3 is 0 Å². The third kappa shape index (κ3) is 5.95. The van der Waals surface area contributed by atoms with Crippen LogP contribution in [-0.2, 0) is 17.6 Å². The molecule has 10 heteroatoms. The van der Waals surface area contributed by atoms with Crippen LogP contribution in [0, 0.1) is 17.6 Å². The lowest BCUT2D eigenvalue weighted by Crippen LogP contribution is -2.33. The number of Topliss-reactive ketones (excluding diaryl/α,β-unsaturated/α-hetero) is 2. The Morgan fingerprint density at radius 1 is 0.974 bits per heavy atom. The molecule has 39 heavy (non-hydrogen) atoms. The fourth-order valence-corrected chi connectivity index (χ4v) is 4.52. The fourth-order valence-electron chi connectivity index (χ4n) is 4.52. The van der Waals surface area contributed by atoms with Crippen molar-refractivity contribution in [3.8, 4) is 0 Å². The van der Waals surface area contributed by atoms with Gasteiger partial charge in [0.05, 0.1) is 29.2 Å². The summed E-state index contributed by atoms with van der Waals surface area (Å²) < 4.78 is 29.0. The van der Waals surface area contributed by atoms with Crippen molar-refractivity contribution in [1.29, 1.82) is 0 Å². The number of halogens is 2. The van der Waals surface area contributed by atoms with Crippen molar-refractivity contribution in [3.63, 3.8) is 0 Å². The van der Waals surface area contributed by atoms with Gasteiger partial charge in [-0.3, -0.25) is 28.7 Å². The van der Waals surface area contributed by atoms with E-state index in [2.05, 4.69) is 9.97 Å². The first-order valence-electron chi connectivity index (χ1n) is 12.4. The molecule has 198 valence electrons. The molecule has 1 unspecified atom stereocenters. The molecule has 2 aromatic carbocycles. The molecular formula is C29H24F2N4O4. The van der Waals surface area contributed by atoms with E-state index in [1.54, 1.807) is 12.1 Å². The molecular weight excluding hydrogens is 506 g/mol. The molecule has 8 nitrogen and oxygen atoms in total. The summed E-state index contributed by atoms with van der Waals surface area (Å²) in [6, 6.07) is 9.30. The van der Waals surface area contributed by atoms with Crippen LogP contribution in [0.2, 0.25) is 0 Å². The zero-order valence-electron chi connectivity index (χ0n) is 20.8. The van der Waals surface area contributed by atoms with E-state index in [0.29, 0.717) is 29.1 Å². The molecule has 1 fully saturated rings. The molecule has 2 heterocycles. The average molecular weight is 531 g/mol. The van der Waals surface area contributed by atoms with E-state index >= 15 is 0 Å². The Labute approximate surface area is 221 Å². The van der Waals surface area contributed by atoms with E-state index in [1.807, 2.05) is 0 Å². The molecule has 2 N–H and O–H groups in total. The number of amides is 1. The maximum Gasteiger partial charge on any atom is 0.261 e. The molecule has 0 saturated heterocycles. The van der Waals surface area contributed by atoms with E-state index in [9.17, 15) is 28.0 Å². The normalized spacial score (nSPS) is 13.8. The minimum atomic E-state index is -1.16. The lowest BCUT2D eigenvalue weighted by atomic mass is 9.98. The first-order valence-corrected chi connectivity index (χ1v) is 12.4. The first-order chi connectivity index (χ1) is 18.7. The van der Waals surface area contributed by atoms with E-state index in [4.69, 9.17) is 5.73 Å². The standard InChI is InChI=1S/C29H24F2N4O4/c30-20-7-17(8-21(31)12-20)9-25(27(37)13-22-5-3-19(14-33-22)28(32)38)35-15-34-24-11-18(4-6-23(24)29(35)39)26(36)10-16-1-2-16/h3-8,11-12,14-16,25H,1-2,9-10,13H2,(H2,32,38). The third-order valence-corrected chi connectivity index (χ3v) is 6.80. The highest BCUT2D eigenvalue weighted by Crippen LogP contribution is 2.33. The van der Waals surface area contributed by atoms with Crippen molar-refractivity contribution in [2.75, 3.05) is 0 Å². The highest BCUT2D eigenvalue weighted by Gasteiger charge is 2.26. The van der Waals surface area contributed by atoms with Gasteiger partial charge in [0.2, 0.25) is 5.91 Å². The number of rotatable bonds is 10. The number of benzene rings is 2. The summed E-state index contributed by atoms with van der Waals surface area (Å²) in [5, 5.41) is 0.202. The van der Waals surface area contributed by atoms with Crippen LogP contribution in [-0.4, -0.2) is 32.0 Å². The number of pyridine rings is 1. The molecule has 2 aromatic heterocycles. The summed E-state index contributed by atoms with van der Waals surface area (Å²) in [5.74, 6) is -2.35. The molecule has 1 saturated carbocycles. The number of primary amides is 1. The predicted molar refractivity (Wildman–Crippen MR) is 138 cm³/mol. The summed E-state index contributed by atoms with van der Waals surface area (Å²) in [6.45, 7) is 0. The SMILES string of the molecule is NC(=O)c1ccc(CC(=O)C(Cc2cc(F)cc(F)c2)n2cnc3cc(C(=O)CC4CC4)ccc3c2=O)nc1. The van der Waals surface area contributed by atoms with Gasteiger partial charge in [-0.1, -0.05) is 6.07 Å². The highest BCUT2D eigenvalue weighted by atomic mass is 19.1. The molecule has 4 aromatic rings. The Hall–Kier alpha value is -4.60. The van der Waals surface area contributed by atoms with Gasteiger partial charge in [-0.05, 0) is 60.7 Å². The van der Waals surface area contributed by atoms with Crippen LogP contribution in [0.4, 0.5) is 8.78 Å². The first kappa shape index (κ1) is 26.0. The highest BCUT2D eigenvalue weighted by molar-refractivity contribution is 5.99. The van der Waals surface area contributed by atoms with Crippen molar-refractivity contribution in [1.82, 2.24) is 14.5 Å². The second-order valence-corrected chi connectivity index (χ2v) is 9.80. The van der Waals surface area contributed by atoms with Crippen LogP contribution in [0.1, 0.15) is 57.3 Å². The lowest BCUT2D eigenvalue weighted by molar-refractivity contribution is -0.121. The van der Waals surface area contributed by atoms with Gasteiger partial charge < -0.3 is 5.73 Å².